The zero-order chi connectivity index (χ0) is 22.9. The lowest BCUT2D eigenvalue weighted by Gasteiger charge is -2.26. The SMILES string of the molecule is Cc1sc2ncnc(SC(C)C(=O)Nc3cccc(S(=O)(=O)N4CCCCC4)c3)c2c1C. The Morgan fingerprint density at radius 3 is 2.69 bits per heavy atom. The summed E-state index contributed by atoms with van der Waals surface area (Å²) in [7, 11) is -3.55. The molecule has 1 unspecified atom stereocenters. The molecule has 1 amide bonds. The number of carbonyl (C=O) groups excluding carboxylic acids is 1. The number of piperidine rings is 1. The molecule has 170 valence electrons. The predicted molar refractivity (Wildman–Crippen MR) is 130 cm³/mol. The van der Waals surface area contributed by atoms with Crippen molar-refractivity contribution in [3.63, 3.8) is 0 Å². The van der Waals surface area contributed by atoms with Gasteiger partial charge in [0.25, 0.3) is 0 Å². The number of amides is 1. The molecule has 0 radical (unpaired) electrons. The predicted octanol–water partition coefficient (Wildman–Crippen LogP) is 4.60. The Kier molecular flexibility index (Phi) is 6.85. The highest BCUT2D eigenvalue weighted by atomic mass is 32.2. The van der Waals surface area contributed by atoms with Crippen molar-refractivity contribution in [3.8, 4) is 0 Å². The van der Waals surface area contributed by atoms with Crippen LogP contribution in [0.1, 0.15) is 36.6 Å². The van der Waals surface area contributed by atoms with E-state index in [0.717, 1.165) is 40.1 Å². The van der Waals surface area contributed by atoms with Crippen LogP contribution in [0, 0.1) is 13.8 Å². The third-order valence-electron chi connectivity index (χ3n) is 5.64. The van der Waals surface area contributed by atoms with Crippen molar-refractivity contribution in [2.45, 2.75) is 55.2 Å². The molecule has 2 aromatic heterocycles. The van der Waals surface area contributed by atoms with Gasteiger partial charge in [0.05, 0.1) is 10.1 Å². The van der Waals surface area contributed by atoms with E-state index in [4.69, 9.17) is 0 Å². The van der Waals surface area contributed by atoms with Crippen LogP contribution in [0.3, 0.4) is 0 Å². The maximum atomic E-state index is 13.0. The number of carbonyl (C=O) groups is 1. The zero-order valence-corrected chi connectivity index (χ0v) is 20.7. The molecule has 3 heterocycles. The number of rotatable bonds is 6. The molecule has 1 aliphatic rings. The van der Waals surface area contributed by atoms with E-state index in [0.29, 0.717) is 18.8 Å². The van der Waals surface area contributed by atoms with Crippen molar-refractivity contribution in [3.05, 3.63) is 41.0 Å². The molecule has 0 spiro atoms. The van der Waals surface area contributed by atoms with E-state index in [1.807, 2.05) is 13.8 Å². The molecule has 1 saturated heterocycles. The molecular formula is C22H26N4O3S3. The Morgan fingerprint density at radius 2 is 1.94 bits per heavy atom. The van der Waals surface area contributed by atoms with Gasteiger partial charge >= 0.3 is 0 Å². The maximum Gasteiger partial charge on any atom is 0.243 e. The zero-order valence-electron chi connectivity index (χ0n) is 18.3. The number of benzene rings is 1. The summed E-state index contributed by atoms with van der Waals surface area (Å²) in [5, 5.41) is 4.21. The molecule has 0 saturated carbocycles. The number of hydrogen-bond donors (Lipinski definition) is 1. The monoisotopic (exact) mass is 490 g/mol. The van der Waals surface area contributed by atoms with Gasteiger partial charge in [-0.2, -0.15) is 4.31 Å². The smallest absolute Gasteiger partial charge is 0.243 e. The van der Waals surface area contributed by atoms with E-state index in [2.05, 4.69) is 22.2 Å². The highest BCUT2D eigenvalue weighted by Crippen LogP contribution is 2.36. The minimum absolute atomic E-state index is 0.208. The Labute approximate surface area is 196 Å². The van der Waals surface area contributed by atoms with Crippen molar-refractivity contribution in [2.75, 3.05) is 18.4 Å². The molecule has 0 bridgehead atoms. The van der Waals surface area contributed by atoms with Crippen molar-refractivity contribution >= 4 is 54.9 Å². The van der Waals surface area contributed by atoms with Crippen LogP contribution in [0.25, 0.3) is 10.2 Å². The van der Waals surface area contributed by atoms with Gasteiger partial charge in [0, 0.05) is 29.0 Å². The molecule has 1 atom stereocenters. The molecular weight excluding hydrogens is 464 g/mol. The van der Waals surface area contributed by atoms with E-state index in [-0.39, 0.29) is 10.8 Å². The van der Waals surface area contributed by atoms with Crippen LogP contribution < -0.4 is 5.32 Å². The lowest BCUT2D eigenvalue weighted by atomic mass is 10.2. The average molecular weight is 491 g/mol. The Bertz CT molecular complexity index is 1250. The van der Waals surface area contributed by atoms with Crippen LogP contribution in [0.15, 0.2) is 40.5 Å². The van der Waals surface area contributed by atoms with Crippen molar-refractivity contribution in [1.82, 2.24) is 14.3 Å². The molecule has 1 aromatic carbocycles. The van der Waals surface area contributed by atoms with Crippen LogP contribution in [0.5, 0.6) is 0 Å². The molecule has 32 heavy (non-hydrogen) atoms. The summed E-state index contributed by atoms with van der Waals surface area (Å²) >= 11 is 3.00. The van der Waals surface area contributed by atoms with Gasteiger partial charge in [0.15, 0.2) is 0 Å². The van der Waals surface area contributed by atoms with Crippen LogP contribution in [-0.2, 0) is 14.8 Å². The lowest BCUT2D eigenvalue weighted by Crippen LogP contribution is -2.35. The third-order valence-corrected chi connectivity index (χ3v) is 9.75. The normalized spacial score (nSPS) is 16.2. The van der Waals surface area contributed by atoms with Gasteiger partial charge in [-0.15, -0.1) is 11.3 Å². The van der Waals surface area contributed by atoms with E-state index < -0.39 is 15.3 Å². The first-order valence-corrected chi connectivity index (χ1v) is 13.7. The fraction of sp³-hybridized carbons (Fsp3) is 0.409. The fourth-order valence-corrected chi connectivity index (χ4v) is 7.29. The molecule has 1 aliphatic heterocycles. The number of hydrogen-bond acceptors (Lipinski definition) is 7. The maximum absolute atomic E-state index is 13.0. The van der Waals surface area contributed by atoms with Crippen LogP contribution in [0.2, 0.25) is 0 Å². The highest BCUT2D eigenvalue weighted by Gasteiger charge is 2.26. The number of fused-ring (bicyclic) bond motifs is 1. The number of nitrogens with zero attached hydrogens (tertiary/aromatic N) is 3. The molecule has 0 aliphatic carbocycles. The van der Waals surface area contributed by atoms with Gasteiger partial charge in [-0.3, -0.25) is 4.79 Å². The largest absolute Gasteiger partial charge is 0.325 e. The molecule has 7 nitrogen and oxygen atoms in total. The topological polar surface area (TPSA) is 92.3 Å². The molecule has 3 aromatic rings. The highest BCUT2D eigenvalue weighted by molar-refractivity contribution is 8.00. The number of thioether (sulfide) groups is 1. The minimum atomic E-state index is -3.55. The third kappa shape index (κ3) is 4.68. The van der Waals surface area contributed by atoms with Gasteiger partial charge in [0.2, 0.25) is 15.9 Å². The second-order valence-electron chi connectivity index (χ2n) is 7.88. The van der Waals surface area contributed by atoms with E-state index in [9.17, 15) is 13.2 Å². The summed E-state index contributed by atoms with van der Waals surface area (Å²) in [6.45, 7) is 7.00. The number of aromatic nitrogens is 2. The molecule has 1 N–H and O–H groups in total. The van der Waals surface area contributed by atoms with Gasteiger partial charge in [-0.1, -0.05) is 24.2 Å². The molecule has 1 fully saturated rings. The summed E-state index contributed by atoms with van der Waals surface area (Å²) in [4.78, 5) is 23.9. The summed E-state index contributed by atoms with van der Waals surface area (Å²) in [6.07, 6.45) is 4.34. The number of anilines is 1. The van der Waals surface area contributed by atoms with Crippen LogP contribution >= 0.6 is 23.1 Å². The standard InChI is InChI=1S/C22H26N4O3S3/c1-14-15(2)30-21-19(14)22(24-13-23-21)31-16(3)20(27)25-17-8-7-9-18(12-17)32(28,29)26-10-5-4-6-11-26/h7-9,12-13,16H,4-6,10-11H2,1-3H3,(H,25,27). The van der Waals surface area contributed by atoms with Crippen LogP contribution in [-0.4, -0.2) is 46.9 Å². The quantitative estimate of drug-likeness (QED) is 0.401. The Morgan fingerprint density at radius 1 is 1.19 bits per heavy atom. The van der Waals surface area contributed by atoms with Gasteiger partial charge in [0.1, 0.15) is 16.2 Å². The number of nitrogens with one attached hydrogen (secondary N) is 1. The van der Waals surface area contributed by atoms with Crippen LogP contribution in [0.4, 0.5) is 5.69 Å². The Balaban J connectivity index is 1.49. The van der Waals surface area contributed by atoms with E-state index >= 15 is 0 Å². The average Bonchev–Trinajstić information content (AvgIpc) is 3.09. The molecule has 4 rings (SSSR count). The molecule has 10 heteroatoms. The second kappa shape index (κ2) is 9.46. The second-order valence-corrected chi connectivity index (χ2v) is 12.4. The van der Waals surface area contributed by atoms with Crippen molar-refractivity contribution in [1.29, 1.82) is 0 Å². The lowest BCUT2D eigenvalue weighted by molar-refractivity contribution is -0.115. The summed E-state index contributed by atoms with van der Waals surface area (Å²) in [5.74, 6) is -0.209. The Hall–Kier alpha value is -2.01. The summed E-state index contributed by atoms with van der Waals surface area (Å²) < 4.78 is 27.4. The van der Waals surface area contributed by atoms with Crippen molar-refractivity contribution in [2.24, 2.45) is 0 Å². The van der Waals surface area contributed by atoms with Crippen molar-refractivity contribution < 1.29 is 13.2 Å². The van der Waals surface area contributed by atoms with E-state index in [1.54, 1.807) is 29.5 Å². The van der Waals surface area contributed by atoms with Gasteiger partial charge < -0.3 is 5.32 Å². The fourth-order valence-electron chi connectivity index (χ4n) is 3.69. The van der Waals surface area contributed by atoms with Gasteiger partial charge in [-0.05, 0) is 57.4 Å². The number of thiophene rings is 1. The first-order valence-electron chi connectivity index (χ1n) is 10.6. The minimum Gasteiger partial charge on any atom is -0.325 e. The summed E-state index contributed by atoms with van der Waals surface area (Å²) in [5.41, 5.74) is 1.60. The first kappa shape index (κ1) is 23.2. The van der Waals surface area contributed by atoms with E-state index in [1.165, 1.54) is 33.3 Å². The first-order chi connectivity index (χ1) is 15.3. The summed E-state index contributed by atoms with van der Waals surface area (Å²) in [6, 6.07) is 6.49. The number of sulfonamides is 1. The van der Waals surface area contributed by atoms with Gasteiger partial charge in [-0.25, -0.2) is 18.4 Å². The number of aryl methyl sites for hydroxylation is 2.